The summed E-state index contributed by atoms with van der Waals surface area (Å²) in [4.78, 5) is 23.2. The van der Waals surface area contributed by atoms with Crippen molar-refractivity contribution in [3.8, 4) is 11.1 Å². The molecule has 0 saturated heterocycles. The normalized spacial score (nSPS) is 13.1. The molecule has 0 aliphatic heterocycles. The van der Waals surface area contributed by atoms with Crippen molar-refractivity contribution in [1.29, 1.82) is 0 Å². The van der Waals surface area contributed by atoms with E-state index < -0.39 is 18.1 Å². The molecular weight excluding hydrogens is 373 g/mol. The molecule has 0 aromatic heterocycles. The first-order valence-electron chi connectivity index (χ1n) is 8.43. The number of alkyl carbamates (subject to hydrolysis) is 1. The topological polar surface area (TPSA) is 78.5 Å². The summed E-state index contributed by atoms with van der Waals surface area (Å²) < 4.78 is 5.35. The van der Waals surface area contributed by atoms with Gasteiger partial charge in [-0.25, -0.2) is 4.79 Å². The summed E-state index contributed by atoms with van der Waals surface area (Å²) in [6.45, 7) is 0.155. The van der Waals surface area contributed by atoms with Crippen molar-refractivity contribution in [2.45, 2.75) is 18.4 Å². The Labute approximate surface area is 185 Å². The first kappa shape index (κ1) is 21.8. The number of amides is 1. The third-order valence-electron chi connectivity index (χ3n) is 4.53. The number of aliphatic carboxylic acids is 1. The van der Waals surface area contributed by atoms with Crippen molar-refractivity contribution in [3.63, 3.8) is 0 Å². The van der Waals surface area contributed by atoms with Gasteiger partial charge in [-0.1, -0.05) is 48.5 Å². The molecule has 2 aromatic rings. The van der Waals surface area contributed by atoms with Crippen LogP contribution in [0.15, 0.2) is 48.5 Å². The van der Waals surface area contributed by atoms with Gasteiger partial charge in [0, 0.05) is 5.92 Å². The van der Waals surface area contributed by atoms with Crippen LogP contribution in [0.5, 0.6) is 0 Å². The number of carboxylic acids is 1. The van der Waals surface area contributed by atoms with E-state index in [1.54, 1.807) is 0 Å². The Morgan fingerprint density at radius 1 is 1.11 bits per heavy atom. The first-order chi connectivity index (χ1) is 12.6. The van der Waals surface area contributed by atoms with E-state index >= 15 is 0 Å². The Bertz CT molecular complexity index is 769. The van der Waals surface area contributed by atoms with Crippen LogP contribution in [0, 0.1) is 0 Å². The van der Waals surface area contributed by atoms with Gasteiger partial charge in [0.1, 0.15) is 6.61 Å². The Morgan fingerprint density at radius 3 is 2.19 bits per heavy atom. The fourth-order valence-electron chi connectivity index (χ4n) is 3.27. The van der Waals surface area contributed by atoms with E-state index in [2.05, 4.69) is 17.4 Å². The molecule has 27 heavy (non-hydrogen) atoms. The quantitative estimate of drug-likeness (QED) is 0.636. The Morgan fingerprint density at radius 2 is 1.67 bits per heavy atom. The van der Waals surface area contributed by atoms with Gasteiger partial charge in [0.15, 0.2) is 0 Å². The van der Waals surface area contributed by atoms with Crippen LogP contribution in [0.1, 0.15) is 23.5 Å². The maximum atomic E-state index is 12.1. The maximum absolute atomic E-state index is 12.1. The molecule has 0 radical (unpaired) electrons. The molecule has 1 amide bonds. The van der Waals surface area contributed by atoms with E-state index in [-0.39, 0.29) is 42.1 Å². The van der Waals surface area contributed by atoms with Gasteiger partial charge in [-0.2, -0.15) is 11.8 Å². The minimum absolute atomic E-state index is 0. The second kappa shape index (κ2) is 10.2. The number of thioether (sulfide) groups is 1. The summed E-state index contributed by atoms with van der Waals surface area (Å²) in [6, 6.07) is 15.0. The van der Waals surface area contributed by atoms with Crippen LogP contribution >= 0.6 is 11.8 Å². The molecule has 7 heteroatoms. The molecule has 136 valence electrons. The average Bonchev–Trinajstić information content (AvgIpc) is 2.97. The van der Waals surface area contributed by atoms with Crippen molar-refractivity contribution >= 4 is 23.8 Å². The van der Waals surface area contributed by atoms with Crippen LogP contribution in [0.4, 0.5) is 4.79 Å². The minimum atomic E-state index is -1.30. The van der Waals surface area contributed by atoms with Crippen molar-refractivity contribution in [2.75, 3.05) is 18.6 Å². The van der Waals surface area contributed by atoms with Gasteiger partial charge < -0.3 is 20.0 Å². The molecule has 2 aromatic carbocycles. The van der Waals surface area contributed by atoms with Crippen LogP contribution in [0.3, 0.4) is 0 Å². The van der Waals surface area contributed by atoms with Crippen LogP contribution < -0.4 is 40.0 Å². The number of ether oxygens (including phenoxy) is 1. The van der Waals surface area contributed by atoms with Gasteiger partial charge in [0.2, 0.25) is 0 Å². The second-order valence-corrected chi connectivity index (χ2v) is 7.11. The van der Waals surface area contributed by atoms with Crippen molar-refractivity contribution in [1.82, 2.24) is 5.32 Å². The predicted molar refractivity (Wildman–Crippen MR) is 100.0 cm³/mol. The average molecular weight is 393 g/mol. The molecule has 5 nitrogen and oxygen atoms in total. The summed E-state index contributed by atoms with van der Waals surface area (Å²) in [5, 5.41) is 13.5. The van der Waals surface area contributed by atoms with Gasteiger partial charge in [0.25, 0.3) is 0 Å². The summed E-state index contributed by atoms with van der Waals surface area (Å²) in [7, 11) is 0. The van der Waals surface area contributed by atoms with Crippen molar-refractivity contribution in [3.05, 3.63) is 59.7 Å². The zero-order chi connectivity index (χ0) is 18.5. The van der Waals surface area contributed by atoms with E-state index in [9.17, 15) is 14.7 Å². The number of hydrogen-bond acceptors (Lipinski definition) is 5. The van der Waals surface area contributed by atoms with Crippen LogP contribution in [-0.4, -0.2) is 36.7 Å². The number of rotatable bonds is 7. The standard InChI is InChI=1S/C20H21NO4S.Na/c1-26-11-10-18(19(22)23)21-20(24)25-12-17-15-8-4-2-6-13(15)14-7-3-5-9-16(14)17;/h2-9,17-18H,10-12H2,1H3,(H,21,24)(H,22,23);/q;+1/p-1/t18-;/m0./s1. The number of carbonyl (C=O) groups excluding carboxylic acids is 2. The third-order valence-corrected chi connectivity index (χ3v) is 5.17. The van der Waals surface area contributed by atoms with Crippen LogP contribution in [0.25, 0.3) is 11.1 Å². The molecule has 1 N–H and O–H groups in total. The van der Waals surface area contributed by atoms with Gasteiger partial charge in [-0.15, -0.1) is 0 Å². The van der Waals surface area contributed by atoms with Gasteiger partial charge >= 0.3 is 35.7 Å². The summed E-state index contributed by atoms with van der Waals surface area (Å²) >= 11 is 1.51. The molecule has 1 aliphatic rings. The van der Waals surface area contributed by atoms with Crippen molar-refractivity contribution < 1.29 is 49.0 Å². The number of carboxylic acid groups (broad SMARTS) is 1. The maximum Gasteiger partial charge on any atom is 1.00 e. The molecule has 0 bridgehead atoms. The largest absolute Gasteiger partial charge is 1.00 e. The molecule has 1 aliphatic carbocycles. The SMILES string of the molecule is CSCC[C@H](NC(=O)OCC1c2ccccc2-c2ccccc21)C(=O)[O-].[Na+]. The molecule has 0 spiro atoms. The predicted octanol–water partition coefficient (Wildman–Crippen LogP) is -0.599. The van der Waals surface area contributed by atoms with Gasteiger partial charge in [-0.05, 0) is 40.7 Å². The number of hydrogen-bond donors (Lipinski definition) is 1. The molecule has 0 heterocycles. The van der Waals surface area contributed by atoms with E-state index in [0.29, 0.717) is 12.2 Å². The van der Waals surface area contributed by atoms with E-state index in [1.165, 1.54) is 11.8 Å². The summed E-state index contributed by atoms with van der Waals surface area (Å²) in [6.07, 6.45) is 1.44. The molecular formula is C20H20NNaO4S. The fraction of sp³-hybridized carbons (Fsp3) is 0.300. The first-order valence-corrected chi connectivity index (χ1v) is 9.82. The smallest absolute Gasteiger partial charge is 0.548 e. The summed E-state index contributed by atoms with van der Waals surface area (Å²) in [5.41, 5.74) is 4.51. The molecule has 0 fully saturated rings. The number of nitrogens with one attached hydrogen (secondary N) is 1. The van der Waals surface area contributed by atoms with Crippen LogP contribution in [-0.2, 0) is 9.53 Å². The molecule has 3 rings (SSSR count). The monoisotopic (exact) mass is 393 g/mol. The fourth-order valence-corrected chi connectivity index (χ4v) is 3.74. The minimum Gasteiger partial charge on any atom is -0.548 e. The van der Waals surface area contributed by atoms with Gasteiger partial charge in [0.05, 0.1) is 12.0 Å². The summed E-state index contributed by atoms with van der Waals surface area (Å²) in [5.74, 6) is -0.740. The third kappa shape index (κ3) is 5.08. The number of fused-ring (bicyclic) bond motifs is 3. The Hall–Kier alpha value is -1.47. The van der Waals surface area contributed by atoms with E-state index in [4.69, 9.17) is 4.74 Å². The van der Waals surface area contributed by atoms with Gasteiger partial charge in [-0.3, -0.25) is 0 Å². The zero-order valence-corrected chi connectivity index (χ0v) is 18.3. The molecule has 1 atom stereocenters. The van der Waals surface area contributed by atoms with E-state index in [1.807, 2.05) is 42.7 Å². The Kier molecular flexibility index (Phi) is 8.23. The van der Waals surface area contributed by atoms with Crippen LogP contribution in [0.2, 0.25) is 0 Å². The van der Waals surface area contributed by atoms with E-state index in [0.717, 1.165) is 22.3 Å². The second-order valence-electron chi connectivity index (χ2n) is 6.12. The number of carbonyl (C=O) groups is 2. The molecule has 0 saturated carbocycles. The van der Waals surface area contributed by atoms with Crippen molar-refractivity contribution in [2.24, 2.45) is 0 Å². The zero-order valence-electron chi connectivity index (χ0n) is 15.4. The molecule has 0 unspecified atom stereocenters. The number of benzene rings is 2. The Balaban J connectivity index is 0.00000261.